The number of nitrogens with one attached hydrogen (secondary N) is 1. The highest BCUT2D eigenvalue weighted by molar-refractivity contribution is 6.32. The fourth-order valence-corrected chi connectivity index (χ4v) is 2.14. The Kier molecular flexibility index (Phi) is 5.78. The molecule has 1 N–H and O–H groups in total. The van der Waals surface area contributed by atoms with E-state index in [-0.39, 0.29) is 5.91 Å². The average molecular weight is 319 g/mol. The smallest absolute Gasteiger partial charge is 0.261 e. The molecule has 4 nitrogen and oxygen atoms in total. The summed E-state index contributed by atoms with van der Waals surface area (Å²) < 4.78 is 5.77. The van der Waals surface area contributed by atoms with Gasteiger partial charge < -0.3 is 10.1 Å². The van der Waals surface area contributed by atoms with E-state index in [2.05, 4.69) is 10.3 Å². The molecule has 116 valence electrons. The van der Waals surface area contributed by atoms with Crippen LogP contribution < -0.4 is 10.1 Å². The molecule has 1 amide bonds. The van der Waals surface area contributed by atoms with Gasteiger partial charge in [-0.1, -0.05) is 30.7 Å². The van der Waals surface area contributed by atoms with Crippen molar-refractivity contribution in [2.75, 3.05) is 0 Å². The first-order valence-corrected chi connectivity index (χ1v) is 7.57. The Hall–Kier alpha value is -2.07. The van der Waals surface area contributed by atoms with E-state index in [1.54, 1.807) is 18.5 Å². The van der Waals surface area contributed by atoms with Crippen LogP contribution in [0.15, 0.2) is 42.7 Å². The van der Waals surface area contributed by atoms with Crippen molar-refractivity contribution in [2.24, 2.45) is 0 Å². The summed E-state index contributed by atoms with van der Waals surface area (Å²) in [6.07, 6.45) is 3.40. The minimum atomic E-state index is -0.573. The molecule has 0 radical (unpaired) electrons. The summed E-state index contributed by atoms with van der Waals surface area (Å²) in [7, 11) is 0. The van der Waals surface area contributed by atoms with Gasteiger partial charge in [-0.2, -0.15) is 0 Å². The van der Waals surface area contributed by atoms with Gasteiger partial charge in [0.15, 0.2) is 6.10 Å². The zero-order valence-corrected chi connectivity index (χ0v) is 13.4. The van der Waals surface area contributed by atoms with Gasteiger partial charge >= 0.3 is 0 Å². The molecule has 0 saturated carbocycles. The molecule has 5 heteroatoms. The van der Waals surface area contributed by atoms with Gasteiger partial charge in [-0.3, -0.25) is 9.78 Å². The largest absolute Gasteiger partial charge is 0.479 e. The Bertz CT molecular complexity index is 632. The number of halogens is 1. The molecule has 1 heterocycles. The predicted octanol–water partition coefficient (Wildman–Crippen LogP) is 3.52. The predicted molar refractivity (Wildman–Crippen MR) is 87.0 cm³/mol. The van der Waals surface area contributed by atoms with Crippen LogP contribution in [0.1, 0.15) is 24.5 Å². The van der Waals surface area contributed by atoms with Crippen molar-refractivity contribution in [2.45, 2.75) is 32.9 Å². The zero-order valence-electron chi connectivity index (χ0n) is 12.7. The monoisotopic (exact) mass is 318 g/mol. The zero-order chi connectivity index (χ0) is 15.9. The van der Waals surface area contributed by atoms with Gasteiger partial charge in [-0.25, -0.2) is 0 Å². The van der Waals surface area contributed by atoms with Crippen LogP contribution in [0.4, 0.5) is 0 Å². The number of hydrogen-bond acceptors (Lipinski definition) is 3. The number of benzene rings is 1. The molecule has 2 rings (SSSR count). The van der Waals surface area contributed by atoms with E-state index >= 15 is 0 Å². The summed E-state index contributed by atoms with van der Waals surface area (Å²) in [5.41, 5.74) is 1.98. The molecular weight excluding hydrogens is 300 g/mol. The van der Waals surface area contributed by atoms with E-state index in [4.69, 9.17) is 16.3 Å². The molecule has 0 saturated heterocycles. The summed E-state index contributed by atoms with van der Waals surface area (Å²) in [5, 5.41) is 3.36. The highest BCUT2D eigenvalue weighted by Gasteiger charge is 2.19. The first-order valence-electron chi connectivity index (χ1n) is 7.19. The molecule has 0 aliphatic heterocycles. The van der Waals surface area contributed by atoms with E-state index in [1.807, 2.05) is 38.1 Å². The Balaban J connectivity index is 1.98. The number of nitrogens with zero attached hydrogens (tertiary/aromatic N) is 1. The van der Waals surface area contributed by atoms with Crippen LogP contribution >= 0.6 is 11.6 Å². The van der Waals surface area contributed by atoms with E-state index in [0.717, 1.165) is 11.1 Å². The average Bonchev–Trinajstić information content (AvgIpc) is 2.54. The van der Waals surface area contributed by atoms with Crippen LogP contribution in [0.2, 0.25) is 5.02 Å². The molecule has 1 aromatic heterocycles. The number of pyridine rings is 1. The number of carbonyl (C=O) groups excluding carboxylic acids is 1. The molecule has 0 unspecified atom stereocenters. The summed E-state index contributed by atoms with van der Waals surface area (Å²) in [6, 6.07) is 9.25. The molecule has 1 aromatic carbocycles. The molecule has 0 bridgehead atoms. The first-order chi connectivity index (χ1) is 10.6. The van der Waals surface area contributed by atoms with Gasteiger partial charge in [-0.15, -0.1) is 0 Å². The normalized spacial score (nSPS) is 11.8. The van der Waals surface area contributed by atoms with Crippen LogP contribution in [0.5, 0.6) is 5.75 Å². The third-order valence-electron chi connectivity index (χ3n) is 3.21. The topological polar surface area (TPSA) is 51.2 Å². The third-order valence-corrected chi connectivity index (χ3v) is 3.52. The molecule has 0 aliphatic carbocycles. The molecule has 22 heavy (non-hydrogen) atoms. The lowest BCUT2D eigenvalue weighted by Gasteiger charge is -2.18. The van der Waals surface area contributed by atoms with Gasteiger partial charge in [0, 0.05) is 18.9 Å². The van der Waals surface area contributed by atoms with Crippen molar-refractivity contribution in [1.82, 2.24) is 10.3 Å². The minimum Gasteiger partial charge on any atom is -0.479 e. The van der Waals surface area contributed by atoms with Crippen molar-refractivity contribution in [3.63, 3.8) is 0 Å². The van der Waals surface area contributed by atoms with E-state index in [1.165, 1.54) is 0 Å². The summed E-state index contributed by atoms with van der Waals surface area (Å²) in [5.74, 6) is 0.369. The Morgan fingerprint density at radius 1 is 1.41 bits per heavy atom. The Morgan fingerprint density at radius 2 is 2.23 bits per heavy atom. The van der Waals surface area contributed by atoms with E-state index < -0.39 is 6.10 Å². The number of rotatable bonds is 6. The maximum atomic E-state index is 12.2. The maximum Gasteiger partial charge on any atom is 0.261 e. The van der Waals surface area contributed by atoms with Gasteiger partial charge in [0.25, 0.3) is 5.91 Å². The van der Waals surface area contributed by atoms with Gasteiger partial charge in [0.05, 0.1) is 5.02 Å². The maximum absolute atomic E-state index is 12.2. The van der Waals surface area contributed by atoms with Crippen molar-refractivity contribution in [3.05, 3.63) is 58.9 Å². The molecule has 0 aliphatic rings. The van der Waals surface area contributed by atoms with Gasteiger partial charge in [0.1, 0.15) is 5.75 Å². The van der Waals surface area contributed by atoms with Gasteiger partial charge in [0.2, 0.25) is 0 Å². The Labute approximate surface area is 135 Å². The minimum absolute atomic E-state index is 0.163. The van der Waals surface area contributed by atoms with Crippen LogP contribution in [0.3, 0.4) is 0 Å². The van der Waals surface area contributed by atoms with Crippen molar-refractivity contribution in [1.29, 1.82) is 0 Å². The fourth-order valence-electron chi connectivity index (χ4n) is 1.98. The van der Waals surface area contributed by atoms with Crippen molar-refractivity contribution < 1.29 is 9.53 Å². The number of carbonyl (C=O) groups is 1. The van der Waals surface area contributed by atoms with Crippen molar-refractivity contribution >= 4 is 17.5 Å². The first kappa shape index (κ1) is 16.3. The van der Waals surface area contributed by atoms with E-state index in [0.29, 0.717) is 23.7 Å². The standard InChI is InChI=1S/C17H19ClN2O2/c1-3-15(22-16-9-12(2)6-7-14(16)18)17(21)20-11-13-5-4-8-19-10-13/h4-10,15H,3,11H2,1-2H3,(H,20,21)/t15-/m0/s1. The molecular formula is C17H19ClN2O2. The molecule has 2 aromatic rings. The van der Waals surface area contributed by atoms with Crippen LogP contribution in [-0.4, -0.2) is 17.0 Å². The van der Waals surface area contributed by atoms with Crippen molar-refractivity contribution in [3.8, 4) is 5.75 Å². The number of aryl methyl sites for hydroxylation is 1. The number of ether oxygens (including phenoxy) is 1. The lowest BCUT2D eigenvalue weighted by molar-refractivity contribution is -0.128. The SMILES string of the molecule is CC[C@H](Oc1cc(C)ccc1Cl)C(=O)NCc1cccnc1. The fraction of sp³-hybridized carbons (Fsp3) is 0.294. The summed E-state index contributed by atoms with van der Waals surface area (Å²) in [6.45, 7) is 4.28. The molecule has 0 spiro atoms. The number of amides is 1. The summed E-state index contributed by atoms with van der Waals surface area (Å²) in [4.78, 5) is 16.3. The lowest BCUT2D eigenvalue weighted by Crippen LogP contribution is -2.37. The second-order valence-corrected chi connectivity index (χ2v) is 5.43. The number of aromatic nitrogens is 1. The summed E-state index contributed by atoms with van der Waals surface area (Å²) >= 11 is 6.11. The number of hydrogen-bond donors (Lipinski definition) is 1. The molecule has 1 atom stereocenters. The van der Waals surface area contributed by atoms with Gasteiger partial charge in [-0.05, 0) is 42.7 Å². The highest BCUT2D eigenvalue weighted by atomic mass is 35.5. The molecule has 0 fully saturated rings. The van der Waals surface area contributed by atoms with Crippen LogP contribution in [0.25, 0.3) is 0 Å². The lowest BCUT2D eigenvalue weighted by atomic mass is 10.2. The second kappa shape index (κ2) is 7.80. The van der Waals surface area contributed by atoms with Crippen LogP contribution in [0, 0.1) is 6.92 Å². The Morgan fingerprint density at radius 3 is 2.91 bits per heavy atom. The van der Waals surface area contributed by atoms with Crippen LogP contribution in [-0.2, 0) is 11.3 Å². The quantitative estimate of drug-likeness (QED) is 0.886. The third kappa shape index (κ3) is 4.46. The highest BCUT2D eigenvalue weighted by Crippen LogP contribution is 2.26. The van der Waals surface area contributed by atoms with E-state index in [9.17, 15) is 4.79 Å². The second-order valence-electron chi connectivity index (χ2n) is 5.03.